The third-order valence-corrected chi connectivity index (χ3v) is 5.09. The minimum atomic E-state index is -1.41. The van der Waals surface area contributed by atoms with Gasteiger partial charge in [-0.25, -0.2) is 14.4 Å². The molecule has 2 atom stereocenters. The lowest BCUT2D eigenvalue weighted by atomic mass is 10.1. The van der Waals surface area contributed by atoms with E-state index in [1.54, 1.807) is 0 Å². The smallest absolute Gasteiger partial charge is 0.326 e. The van der Waals surface area contributed by atoms with Crippen molar-refractivity contribution in [3.8, 4) is 0 Å². The summed E-state index contributed by atoms with van der Waals surface area (Å²) < 4.78 is 1.17. The fraction of sp³-hybridized carbons (Fsp3) is 0.500. The van der Waals surface area contributed by atoms with Gasteiger partial charge in [0.25, 0.3) is 0 Å². The molecule has 1 aromatic carbocycles. The number of nitrogens with one attached hydrogen (secondary N) is 3. The number of aliphatic carboxylic acids is 3. The zero-order chi connectivity index (χ0) is 23.2. The normalized spacial score (nSPS) is 12.5. The summed E-state index contributed by atoms with van der Waals surface area (Å²) in [6.45, 7) is 1.53. The average Bonchev–Trinajstić information content (AvgIpc) is 2.69. The minimum Gasteiger partial charge on any atom is -0.481 e. The summed E-state index contributed by atoms with van der Waals surface area (Å²) >= 11 is 2.26. The Labute approximate surface area is 193 Å². The molecule has 0 saturated heterocycles. The fourth-order valence-corrected chi connectivity index (χ4v) is 3.40. The van der Waals surface area contributed by atoms with Gasteiger partial charge in [-0.1, -0.05) is 25.0 Å². The van der Waals surface area contributed by atoms with Crippen LogP contribution in [0.25, 0.3) is 0 Å². The predicted molar refractivity (Wildman–Crippen MR) is 121 cm³/mol. The number of amides is 2. The molecule has 0 radical (unpaired) electrons. The Kier molecular flexibility index (Phi) is 12.5. The number of urea groups is 1. The van der Waals surface area contributed by atoms with Crippen LogP contribution in [-0.2, 0) is 20.9 Å². The third-order valence-electron chi connectivity index (χ3n) is 4.42. The van der Waals surface area contributed by atoms with Crippen LogP contribution in [-0.4, -0.2) is 57.9 Å². The number of unbranched alkanes of at least 4 members (excludes halogenated alkanes) is 2. The van der Waals surface area contributed by atoms with Gasteiger partial charge in [0.2, 0.25) is 0 Å². The van der Waals surface area contributed by atoms with E-state index in [1.807, 2.05) is 18.2 Å². The lowest BCUT2D eigenvalue weighted by molar-refractivity contribution is -0.140. The first kappa shape index (κ1) is 26.6. The number of carboxylic acid groups (broad SMARTS) is 3. The number of benzene rings is 1. The molecule has 0 bridgehead atoms. The maximum atomic E-state index is 11.9. The van der Waals surface area contributed by atoms with E-state index in [9.17, 15) is 24.3 Å². The van der Waals surface area contributed by atoms with Gasteiger partial charge < -0.3 is 31.3 Å². The summed E-state index contributed by atoms with van der Waals surface area (Å²) in [5.74, 6) is -3.80. The molecule has 6 N–H and O–H groups in total. The van der Waals surface area contributed by atoms with Crippen molar-refractivity contribution >= 4 is 46.5 Å². The van der Waals surface area contributed by atoms with Gasteiger partial charge in [0.1, 0.15) is 12.1 Å². The van der Waals surface area contributed by atoms with Gasteiger partial charge in [-0.15, -0.1) is 0 Å². The molecule has 0 heterocycles. The van der Waals surface area contributed by atoms with Gasteiger partial charge in [-0.05, 0) is 66.1 Å². The van der Waals surface area contributed by atoms with Gasteiger partial charge in [0.15, 0.2) is 0 Å². The number of rotatable bonds is 15. The standard InChI is InChI=1S/C20H28IN3O7/c21-14-6-4-5-13(11-14)12-22-10-3-1-2-7-15(18(27)28)23-20(31)24-16(19(29)30)8-9-17(25)26/h4-6,11,15-16,22H,1-3,7-10,12H2,(H,25,26)(H,27,28)(H,29,30)(H2,23,24,31)/t15-,16-/m0/s1. The van der Waals surface area contributed by atoms with E-state index >= 15 is 0 Å². The van der Waals surface area contributed by atoms with Crippen LogP contribution in [0.3, 0.4) is 0 Å². The molecule has 172 valence electrons. The van der Waals surface area contributed by atoms with E-state index in [0.29, 0.717) is 6.42 Å². The lowest BCUT2D eigenvalue weighted by Gasteiger charge is -2.18. The number of hydrogen-bond acceptors (Lipinski definition) is 5. The minimum absolute atomic E-state index is 0.201. The second-order valence-corrected chi connectivity index (χ2v) is 8.23. The van der Waals surface area contributed by atoms with Crippen LogP contribution in [0.4, 0.5) is 4.79 Å². The highest BCUT2D eigenvalue weighted by Crippen LogP contribution is 2.08. The van der Waals surface area contributed by atoms with E-state index in [-0.39, 0.29) is 12.8 Å². The molecule has 11 heteroatoms. The third kappa shape index (κ3) is 12.1. The quantitative estimate of drug-likeness (QED) is 0.143. The summed E-state index contributed by atoms with van der Waals surface area (Å²) in [4.78, 5) is 45.0. The fourth-order valence-electron chi connectivity index (χ4n) is 2.80. The van der Waals surface area contributed by atoms with Gasteiger partial charge in [-0.2, -0.15) is 0 Å². The van der Waals surface area contributed by atoms with Crippen molar-refractivity contribution in [3.05, 3.63) is 33.4 Å². The van der Waals surface area contributed by atoms with Gasteiger partial charge >= 0.3 is 23.9 Å². The predicted octanol–water partition coefficient (Wildman–Crippen LogP) is 2.01. The van der Waals surface area contributed by atoms with Crippen LogP contribution < -0.4 is 16.0 Å². The van der Waals surface area contributed by atoms with E-state index < -0.39 is 42.4 Å². The second-order valence-electron chi connectivity index (χ2n) is 6.99. The van der Waals surface area contributed by atoms with Gasteiger partial charge in [0.05, 0.1) is 0 Å². The number of carbonyl (C=O) groups excluding carboxylic acids is 1. The first-order chi connectivity index (χ1) is 14.7. The summed E-state index contributed by atoms with van der Waals surface area (Å²) in [6, 6.07) is 4.63. The van der Waals surface area contributed by atoms with Crippen LogP contribution >= 0.6 is 22.6 Å². The molecule has 0 aliphatic heterocycles. The Balaban J connectivity index is 2.30. The monoisotopic (exact) mass is 549 g/mol. The molecule has 0 aliphatic carbocycles. The number of carboxylic acids is 3. The first-order valence-electron chi connectivity index (χ1n) is 9.88. The van der Waals surface area contributed by atoms with Crippen molar-refractivity contribution in [2.45, 2.75) is 57.2 Å². The molecule has 1 aromatic rings. The van der Waals surface area contributed by atoms with Crippen molar-refractivity contribution < 1.29 is 34.5 Å². The zero-order valence-electron chi connectivity index (χ0n) is 17.0. The topological polar surface area (TPSA) is 165 Å². The van der Waals surface area contributed by atoms with Crippen LogP contribution in [0, 0.1) is 3.57 Å². The Morgan fingerprint density at radius 2 is 1.55 bits per heavy atom. The van der Waals surface area contributed by atoms with E-state index in [1.165, 1.54) is 9.13 Å². The van der Waals surface area contributed by atoms with E-state index in [2.05, 4.69) is 44.6 Å². The molecule has 0 saturated carbocycles. The highest BCUT2D eigenvalue weighted by atomic mass is 127. The average molecular weight is 549 g/mol. The molecule has 31 heavy (non-hydrogen) atoms. The Bertz CT molecular complexity index is 760. The van der Waals surface area contributed by atoms with E-state index in [0.717, 1.165) is 25.9 Å². The largest absolute Gasteiger partial charge is 0.481 e. The summed E-state index contributed by atoms with van der Waals surface area (Å²) in [7, 11) is 0. The van der Waals surface area contributed by atoms with Crippen molar-refractivity contribution in [1.29, 1.82) is 0 Å². The number of carbonyl (C=O) groups is 4. The molecule has 2 amide bonds. The molecule has 0 aromatic heterocycles. The zero-order valence-corrected chi connectivity index (χ0v) is 19.1. The van der Waals surface area contributed by atoms with Crippen LogP contribution in [0.5, 0.6) is 0 Å². The van der Waals surface area contributed by atoms with Crippen LogP contribution in [0.1, 0.15) is 44.1 Å². The lowest BCUT2D eigenvalue weighted by Crippen LogP contribution is -2.51. The first-order valence-corrected chi connectivity index (χ1v) is 11.0. The van der Waals surface area contributed by atoms with Crippen LogP contribution in [0.15, 0.2) is 24.3 Å². The number of halogens is 1. The molecular formula is C20H28IN3O7. The molecule has 0 fully saturated rings. The van der Waals surface area contributed by atoms with Crippen molar-refractivity contribution in [2.24, 2.45) is 0 Å². The molecule has 0 unspecified atom stereocenters. The molecule has 1 rings (SSSR count). The van der Waals surface area contributed by atoms with Crippen LogP contribution in [0.2, 0.25) is 0 Å². The maximum Gasteiger partial charge on any atom is 0.326 e. The summed E-state index contributed by atoms with van der Waals surface area (Å²) in [5.41, 5.74) is 1.19. The van der Waals surface area contributed by atoms with E-state index in [4.69, 9.17) is 10.2 Å². The molecular weight excluding hydrogens is 521 g/mol. The highest BCUT2D eigenvalue weighted by molar-refractivity contribution is 14.1. The van der Waals surface area contributed by atoms with Crippen molar-refractivity contribution in [3.63, 3.8) is 0 Å². The maximum absolute atomic E-state index is 11.9. The Morgan fingerprint density at radius 1 is 0.903 bits per heavy atom. The van der Waals surface area contributed by atoms with Crippen molar-refractivity contribution in [2.75, 3.05) is 6.54 Å². The SMILES string of the molecule is O=C(O)CC[C@H](NC(=O)N[C@@H](CCCCCNCc1cccc(I)c1)C(=O)O)C(=O)O. The Hall–Kier alpha value is -2.41. The molecule has 0 aliphatic rings. The second kappa shape index (κ2) is 14.6. The van der Waals surface area contributed by atoms with Gasteiger partial charge in [-0.3, -0.25) is 4.79 Å². The Morgan fingerprint density at radius 3 is 2.13 bits per heavy atom. The summed E-state index contributed by atoms with van der Waals surface area (Å²) in [5, 5.41) is 34.6. The molecule has 0 spiro atoms. The molecule has 10 nitrogen and oxygen atoms in total. The number of hydrogen-bond donors (Lipinski definition) is 6. The van der Waals surface area contributed by atoms with Gasteiger partial charge in [0, 0.05) is 16.5 Å². The van der Waals surface area contributed by atoms with Crippen molar-refractivity contribution in [1.82, 2.24) is 16.0 Å². The summed E-state index contributed by atoms with van der Waals surface area (Å²) in [6.07, 6.45) is 1.65. The highest BCUT2D eigenvalue weighted by Gasteiger charge is 2.24.